The molecule has 0 saturated carbocycles. The van der Waals surface area contributed by atoms with Crippen molar-refractivity contribution in [1.82, 2.24) is 5.43 Å². The van der Waals surface area contributed by atoms with Gasteiger partial charge in [0.1, 0.15) is 0 Å². The van der Waals surface area contributed by atoms with Crippen molar-refractivity contribution in [2.75, 3.05) is 0 Å². The maximum Gasteiger partial charge on any atom is 0.335 e. The molecule has 1 aromatic carbocycles. The fourth-order valence-corrected chi connectivity index (χ4v) is 0.932. The van der Waals surface area contributed by atoms with Crippen molar-refractivity contribution in [2.45, 2.75) is 6.54 Å². The number of carboxylic acids is 1. The third kappa shape index (κ3) is 2.05. The fourth-order valence-electron chi connectivity index (χ4n) is 0.932. The molecule has 0 spiro atoms. The summed E-state index contributed by atoms with van der Waals surface area (Å²) in [5.74, 6) is 4.17. The molecule has 0 fully saturated rings. The van der Waals surface area contributed by atoms with E-state index in [1.54, 1.807) is 18.2 Å². The Morgan fingerprint density at radius 3 is 2.92 bits per heavy atom. The number of hydrazine groups is 1. The van der Waals surface area contributed by atoms with Crippen LogP contribution in [0.15, 0.2) is 24.3 Å². The largest absolute Gasteiger partial charge is 0.478 e. The van der Waals surface area contributed by atoms with E-state index in [4.69, 9.17) is 10.9 Å². The van der Waals surface area contributed by atoms with Crippen molar-refractivity contribution < 1.29 is 9.90 Å². The van der Waals surface area contributed by atoms with Gasteiger partial charge in [-0.05, 0) is 17.7 Å². The summed E-state index contributed by atoms with van der Waals surface area (Å²) >= 11 is 0. The van der Waals surface area contributed by atoms with E-state index in [1.165, 1.54) is 0 Å². The molecular formula is C8H10N2O2. The zero-order chi connectivity index (χ0) is 8.97. The van der Waals surface area contributed by atoms with Crippen LogP contribution in [0.1, 0.15) is 15.9 Å². The molecule has 1 aromatic rings. The summed E-state index contributed by atoms with van der Waals surface area (Å²) < 4.78 is 0. The molecule has 0 radical (unpaired) electrons. The van der Waals surface area contributed by atoms with E-state index in [2.05, 4.69) is 5.43 Å². The van der Waals surface area contributed by atoms with Crippen LogP contribution >= 0.6 is 0 Å². The average molecular weight is 166 g/mol. The van der Waals surface area contributed by atoms with Gasteiger partial charge in [-0.1, -0.05) is 12.1 Å². The molecule has 4 nitrogen and oxygen atoms in total. The van der Waals surface area contributed by atoms with Crippen LogP contribution in [0.5, 0.6) is 0 Å². The molecule has 0 aromatic heterocycles. The second-order valence-electron chi connectivity index (χ2n) is 2.39. The summed E-state index contributed by atoms with van der Waals surface area (Å²) in [7, 11) is 0. The number of hydrogen-bond acceptors (Lipinski definition) is 3. The minimum atomic E-state index is -0.922. The normalized spacial score (nSPS) is 9.75. The van der Waals surface area contributed by atoms with Crippen molar-refractivity contribution in [3.8, 4) is 0 Å². The lowest BCUT2D eigenvalue weighted by Crippen LogP contribution is -2.20. The molecule has 0 aliphatic heterocycles. The van der Waals surface area contributed by atoms with Gasteiger partial charge in [0.15, 0.2) is 0 Å². The van der Waals surface area contributed by atoms with E-state index in [9.17, 15) is 4.79 Å². The van der Waals surface area contributed by atoms with E-state index < -0.39 is 5.97 Å². The number of nitrogens with one attached hydrogen (secondary N) is 1. The molecule has 0 saturated heterocycles. The Labute approximate surface area is 70.0 Å². The van der Waals surface area contributed by atoms with Crippen molar-refractivity contribution in [3.63, 3.8) is 0 Å². The van der Waals surface area contributed by atoms with Gasteiger partial charge < -0.3 is 5.11 Å². The van der Waals surface area contributed by atoms with Crippen LogP contribution in [-0.2, 0) is 6.54 Å². The fraction of sp³-hybridized carbons (Fsp3) is 0.125. The summed E-state index contributed by atoms with van der Waals surface area (Å²) in [6.07, 6.45) is 0. The SMILES string of the molecule is NNCc1cccc(C(=O)O)c1. The molecule has 0 unspecified atom stereocenters. The van der Waals surface area contributed by atoms with Crippen LogP contribution in [0.4, 0.5) is 0 Å². The Morgan fingerprint density at radius 2 is 2.33 bits per heavy atom. The Balaban J connectivity index is 2.88. The quantitative estimate of drug-likeness (QED) is 0.447. The third-order valence-electron chi connectivity index (χ3n) is 1.48. The summed E-state index contributed by atoms with van der Waals surface area (Å²) in [4.78, 5) is 10.5. The highest BCUT2D eigenvalue weighted by atomic mass is 16.4. The third-order valence-corrected chi connectivity index (χ3v) is 1.48. The van der Waals surface area contributed by atoms with Crippen molar-refractivity contribution in [3.05, 3.63) is 35.4 Å². The van der Waals surface area contributed by atoms with Crippen LogP contribution in [0.25, 0.3) is 0 Å². The first-order valence-corrected chi connectivity index (χ1v) is 3.49. The van der Waals surface area contributed by atoms with Gasteiger partial charge in [0, 0.05) is 6.54 Å². The molecule has 0 heterocycles. The molecule has 1 rings (SSSR count). The summed E-state index contributed by atoms with van der Waals surface area (Å²) in [6.45, 7) is 0.473. The Morgan fingerprint density at radius 1 is 1.58 bits per heavy atom. The number of carboxylic acid groups (broad SMARTS) is 1. The molecule has 4 N–H and O–H groups in total. The summed E-state index contributed by atoms with van der Waals surface area (Å²) in [6, 6.07) is 6.63. The number of benzene rings is 1. The molecule has 0 amide bonds. The number of hydrogen-bond donors (Lipinski definition) is 3. The van der Waals surface area contributed by atoms with Crippen molar-refractivity contribution >= 4 is 5.97 Å². The lowest BCUT2D eigenvalue weighted by molar-refractivity contribution is 0.0697. The highest BCUT2D eigenvalue weighted by Crippen LogP contribution is 2.04. The van der Waals surface area contributed by atoms with E-state index in [-0.39, 0.29) is 5.56 Å². The number of carbonyl (C=O) groups is 1. The molecular weight excluding hydrogens is 156 g/mol. The number of rotatable bonds is 3. The zero-order valence-electron chi connectivity index (χ0n) is 6.45. The maximum atomic E-state index is 10.5. The molecule has 0 bridgehead atoms. The molecule has 12 heavy (non-hydrogen) atoms. The molecule has 0 aliphatic carbocycles. The van der Waals surface area contributed by atoms with Crippen molar-refractivity contribution in [2.24, 2.45) is 5.84 Å². The second kappa shape index (κ2) is 3.85. The number of aromatic carboxylic acids is 1. The van der Waals surface area contributed by atoms with Gasteiger partial charge in [-0.25, -0.2) is 4.79 Å². The van der Waals surface area contributed by atoms with E-state index in [0.29, 0.717) is 6.54 Å². The van der Waals surface area contributed by atoms with E-state index in [1.807, 2.05) is 6.07 Å². The topological polar surface area (TPSA) is 75.3 Å². The summed E-state index contributed by atoms with van der Waals surface area (Å²) in [5.41, 5.74) is 3.60. The molecule has 64 valence electrons. The van der Waals surface area contributed by atoms with Gasteiger partial charge >= 0.3 is 5.97 Å². The van der Waals surface area contributed by atoms with Crippen LogP contribution in [0.3, 0.4) is 0 Å². The lowest BCUT2D eigenvalue weighted by Gasteiger charge is -2.00. The van der Waals surface area contributed by atoms with Gasteiger partial charge in [0.25, 0.3) is 0 Å². The monoisotopic (exact) mass is 166 g/mol. The van der Waals surface area contributed by atoms with Gasteiger partial charge in [-0.15, -0.1) is 0 Å². The van der Waals surface area contributed by atoms with Gasteiger partial charge in [0.05, 0.1) is 5.56 Å². The van der Waals surface area contributed by atoms with Crippen LogP contribution in [0.2, 0.25) is 0 Å². The molecule has 4 heteroatoms. The first-order valence-electron chi connectivity index (χ1n) is 3.49. The average Bonchev–Trinajstić information content (AvgIpc) is 2.05. The Hall–Kier alpha value is -1.39. The van der Waals surface area contributed by atoms with Gasteiger partial charge in [0.2, 0.25) is 0 Å². The predicted molar refractivity (Wildman–Crippen MR) is 44.4 cm³/mol. The van der Waals surface area contributed by atoms with Crippen LogP contribution in [0, 0.1) is 0 Å². The predicted octanol–water partition coefficient (Wildman–Crippen LogP) is 0.348. The Kier molecular flexibility index (Phi) is 2.79. The van der Waals surface area contributed by atoms with Crippen LogP contribution < -0.4 is 11.3 Å². The standard InChI is InChI=1S/C8H10N2O2/c9-10-5-6-2-1-3-7(4-6)8(11)12/h1-4,10H,5,9H2,(H,11,12). The smallest absolute Gasteiger partial charge is 0.335 e. The highest BCUT2D eigenvalue weighted by Gasteiger charge is 2.01. The van der Waals surface area contributed by atoms with Gasteiger partial charge in [-0.3, -0.25) is 11.3 Å². The minimum Gasteiger partial charge on any atom is -0.478 e. The van der Waals surface area contributed by atoms with Gasteiger partial charge in [-0.2, -0.15) is 0 Å². The van der Waals surface area contributed by atoms with E-state index >= 15 is 0 Å². The van der Waals surface area contributed by atoms with Crippen molar-refractivity contribution in [1.29, 1.82) is 0 Å². The Bertz CT molecular complexity index is 286. The minimum absolute atomic E-state index is 0.280. The molecule has 0 aliphatic rings. The zero-order valence-corrected chi connectivity index (χ0v) is 6.45. The maximum absolute atomic E-state index is 10.5. The highest BCUT2D eigenvalue weighted by molar-refractivity contribution is 5.87. The summed E-state index contributed by atoms with van der Waals surface area (Å²) in [5, 5.41) is 8.63. The van der Waals surface area contributed by atoms with Crippen LogP contribution in [-0.4, -0.2) is 11.1 Å². The number of nitrogens with two attached hydrogens (primary N) is 1. The first-order chi connectivity index (χ1) is 5.74. The first kappa shape index (κ1) is 8.70. The lowest BCUT2D eigenvalue weighted by atomic mass is 10.1. The second-order valence-corrected chi connectivity index (χ2v) is 2.39. The van der Waals surface area contributed by atoms with E-state index in [0.717, 1.165) is 5.56 Å². The molecule has 0 atom stereocenters.